The van der Waals surface area contributed by atoms with Crippen LogP contribution >= 0.6 is 22.9 Å². The molecule has 1 aromatic heterocycles. The topological polar surface area (TPSA) is 57.5 Å². The van der Waals surface area contributed by atoms with Gasteiger partial charge in [-0.1, -0.05) is 45.8 Å². The molecule has 0 fully saturated rings. The van der Waals surface area contributed by atoms with Crippen LogP contribution in [0.2, 0.25) is 5.15 Å². The molecule has 0 aliphatic carbocycles. The lowest BCUT2D eigenvalue weighted by atomic mass is 10.2. The summed E-state index contributed by atoms with van der Waals surface area (Å²) >= 11 is 7.19. The first-order valence-electron chi connectivity index (χ1n) is 4.86. The molecule has 0 unspecified atom stereocenters. The molecule has 0 saturated carbocycles. The van der Waals surface area contributed by atoms with Gasteiger partial charge in [-0.15, -0.1) is 0 Å². The zero-order valence-electron chi connectivity index (χ0n) is 9.01. The zero-order chi connectivity index (χ0) is 12.3. The zero-order valence-corrected chi connectivity index (χ0v) is 10.6. The number of anilines is 2. The van der Waals surface area contributed by atoms with Gasteiger partial charge < -0.3 is 10.5 Å². The van der Waals surface area contributed by atoms with E-state index >= 15 is 0 Å². The van der Waals surface area contributed by atoms with E-state index in [0.29, 0.717) is 15.2 Å². The maximum absolute atomic E-state index is 8.44. The summed E-state index contributed by atoms with van der Waals surface area (Å²) in [6.45, 7) is 2.03. The third-order valence-electron chi connectivity index (χ3n) is 2.09. The highest BCUT2D eigenvalue weighted by Gasteiger charge is 2.07. The molecule has 0 aliphatic rings. The summed E-state index contributed by atoms with van der Waals surface area (Å²) in [7, 11) is 0. The fourth-order valence-electron chi connectivity index (χ4n) is 1.26. The number of aromatic nitrogens is 1. The van der Waals surface area contributed by atoms with Crippen molar-refractivity contribution in [3.63, 3.8) is 0 Å². The Morgan fingerprint density at radius 2 is 2.12 bits per heavy atom. The summed E-state index contributed by atoms with van der Waals surface area (Å²) in [6.07, 6.45) is 1.26. The minimum atomic E-state index is 0.322. The van der Waals surface area contributed by atoms with E-state index < -0.39 is 0 Å². The standard InChI is InChI=1S/C11H10ClN3OS/c1-7-2-4-8(5-3-7)14-11-15-10(12)9(17-11)6-13-16/h2-6,16H,1H3,(H,14,15)/b13-6+. The fraction of sp³-hybridized carbons (Fsp3) is 0.0909. The number of halogens is 1. The average Bonchev–Trinajstić information content (AvgIpc) is 2.63. The number of hydrogen-bond acceptors (Lipinski definition) is 5. The first-order chi connectivity index (χ1) is 8.19. The number of benzene rings is 1. The smallest absolute Gasteiger partial charge is 0.189 e. The molecule has 2 N–H and O–H groups in total. The van der Waals surface area contributed by atoms with Crippen molar-refractivity contribution >= 4 is 40.0 Å². The molecule has 0 saturated heterocycles. The molecule has 4 nitrogen and oxygen atoms in total. The Balaban J connectivity index is 2.18. The van der Waals surface area contributed by atoms with Crippen LogP contribution in [0.25, 0.3) is 0 Å². The van der Waals surface area contributed by atoms with Crippen LogP contribution in [0.15, 0.2) is 29.4 Å². The van der Waals surface area contributed by atoms with E-state index in [2.05, 4.69) is 15.5 Å². The number of rotatable bonds is 3. The second kappa shape index (κ2) is 5.16. The maximum atomic E-state index is 8.44. The van der Waals surface area contributed by atoms with E-state index in [1.807, 2.05) is 31.2 Å². The number of nitrogens with one attached hydrogen (secondary N) is 1. The van der Waals surface area contributed by atoms with Crippen LogP contribution in [0.1, 0.15) is 10.4 Å². The van der Waals surface area contributed by atoms with Crippen molar-refractivity contribution < 1.29 is 5.21 Å². The molecular formula is C11H10ClN3OS. The fourth-order valence-corrected chi connectivity index (χ4v) is 2.30. The normalized spacial score (nSPS) is 10.9. The van der Waals surface area contributed by atoms with Gasteiger partial charge in [0.25, 0.3) is 0 Å². The van der Waals surface area contributed by atoms with Crippen molar-refractivity contribution in [3.8, 4) is 0 Å². The second-order valence-corrected chi connectivity index (χ2v) is 4.80. The number of aryl methyl sites for hydroxylation is 1. The van der Waals surface area contributed by atoms with Crippen LogP contribution in [0.5, 0.6) is 0 Å². The summed E-state index contributed by atoms with van der Waals surface area (Å²) in [5, 5.41) is 15.5. The Labute approximate surface area is 108 Å². The van der Waals surface area contributed by atoms with Crippen molar-refractivity contribution in [1.29, 1.82) is 0 Å². The molecule has 1 heterocycles. The lowest BCUT2D eigenvalue weighted by Gasteiger charge is -2.01. The molecule has 1 aromatic carbocycles. The van der Waals surface area contributed by atoms with Crippen molar-refractivity contribution in [2.24, 2.45) is 5.16 Å². The van der Waals surface area contributed by atoms with Gasteiger partial charge in [0.15, 0.2) is 10.3 Å². The van der Waals surface area contributed by atoms with E-state index in [9.17, 15) is 0 Å². The van der Waals surface area contributed by atoms with E-state index in [0.717, 1.165) is 5.69 Å². The van der Waals surface area contributed by atoms with Gasteiger partial charge >= 0.3 is 0 Å². The molecule has 0 amide bonds. The lowest BCUT2D eigenvalue weighted by Crippen LogP contribution is -1.88. The van der Waals surface area contributed by atoms with Gasteiger partial charge in [0.05, 0.1) is 11.1 Å². The summed E-state index contributed by atoms with van der Waals surface area (Å²) in [5.74, 6) is 0. The lowest BCUT2D eigenvalue weighted by molar-refractivity contribution is 0.322. The van der Waals surface area contributed by atoms with E-state index in [-0.39, 0.29) is 0 Å². The molecule has 2 rings (SSSR count). The highest BCUT2D eigenvalue weighted by Crippen LogP contribution is 2.27. The van der Waals surface area contributed by atoms with E-state index in [1.54, 1.807) is 0 Å². The van der Waals surface area contributed by atoms with Gasteiger partial charge in [-0.25, -0.2) is 4.98 Å². The molecule has 0 spiro atoms. The van der Waals surface area contributed by atoms with Crippen LogP contribution in [0.3, 0.4) is 0 Å². The van der Waals surface area contributed by atoms with Crippen LogP contribution in [-0.4, -0.2) is 16.4 Å². The third kappa shape index (κ3) is 2.95. The Hall–Kier alpha value is -1.59. The number of nitrogens with zero attached hydrogens (tertiary/aromatic N) is 2. The van der Waals surface area contributed by atoms with E-state index in [4.69, 9.17) is 16.8 Å². The van der Waals surface area contributed by atoms with Crippen molar-refractivity contribution in [2.45, 2.75) is 6.92 Å². The summed E-state index contributed by atoms with van der Waals surface area (Å²) in [5.41, 5.74) is 2.13. The molecule has 0 atom stereocenters. The van der Waals surface area contributed by atoms with Gasteiger partial charge in [-0.3, -0.25) is 0 Å². The highest BCUT2D eigenvalue weighted by molar-refractivity contribution is 7.17. The van der Waals surface area contributed by atoms with Gasteiger partial charge in [0, 0.05) is 5.69 Å². The molecule has 88 valence electrons. The van der Waals surface area contributed by atoms with Gasteiger partial charge in [0.1, 0.15) is 0 Å². The second-order valence-electron chi connectivity index (χ2n) is 3.41. The number of hydrogen-bond donors (Lipinski definition) is 2. The third-order valence-corrected chi connectivity index (χ3v) is 3.39. The average molecular weight is 268 g/mol. The highest BCUT2D eigenvalue weighted by atomic mass is 35.5. The maximum Gasteiger partial charge on any atom is 0.189 e. The van der Waals surface area contributed by atoms with Gasteiger partial charge in [-0.05, 0) is 19.1 Å². The predicted octanol–water partition coefficient (Wildman–Crippen LogP) is 3.66. The Morgan fingerprint density at radius 3 is 2.76 bits per heavy atom. The monoisotopic (exact) mass is 267 g/mol. The summed E-state index contributed by atoms with van der Waals surface area (Å²) in [4.78, 5) is 4.73. The van der Waals surface area contributed by atoms with Gasteiger partial charge in [-0.2, -0.15) is 0 Å². The van der Waals surface area contributed by atoms with Crippen molar-refractivity contribution in [1.82, 2.24) is 4.98 Å². The molecular weight excluding hydrogens is 258 g/mol. The SMILES string of the molecule is Cc1ccc(Nc2nc(Cl)c(/C=N/O)s2)cc1. The predicted molar refractivity (Wildman–Crippen MR) is 71.0 cm³/mol. The van der Waals surface area contributed by atoms with Crippen LogP contribution in [0.4, 0.5) is 10.8 Å². The molecule has 17 heavy (non-hydrogen) atoms. The minimum Gasteiger partial charge on any atom is -0.411 e. The Bertz CT molecular complexity index is 536. The van der Waals surface area contributed by atoms with Gasteiger partial charge in [0.2, 0.25) is 0 Å². The number of oxime groups is 1. The molecule has 0 aliphatic heterocycles. The molecule has 2 aromatic rings. The number of thiazole rings is 1. The molecule has 0 radical (unpaired) electrons. The minimum absolute atomic E-state index is 0.322. The molecule has 0 bridgehead atoms. The van der Waals surface area contributed by atoms with Crippen LogP contribution in [0, 0.1) is 6.92 Å². The van der Waals surface area contributed by atoms with Crippen LogP contribution in [-0.2, 0) is 0 Å². The van der Waals surface area contributed by atoms with Crippen molar-refractivity contribution in [2.75, 3.05) is 5.32 Å². The quantitative estimate of drug-likeness (QED) is 0.507. The largest absolute Gasteiger partial charge is 0.411 e. The first kappa shape index (κ1) is 11.9. The van der Waals surface area contributed by atoms with Crippen molar-refractivity contribution in [3.05, 3.63) is 39.9 Å². The first-order valence-corrected chi connectivity index (χ1v) is 6.06. The van der Waals surface area contributed by atoms with Crippen LogP contribution < -0.4 is 5.32 Å². The summed E-state index contributed by atoms with van der Waals surface area (Å²) < 4.78 is 0. The Morgan fingerprint density at radius 1 is 1.41 bits per heavy atom. The Kier molecular flexibility index (Phi) is 3.61. The summed E-state index contributed by atoms with van der Waals surface area (Å²) in [6, 6.07) is 7.94. The van der Waals surface area contributed by atoms with E-state index in [1.165, 1.54) is 23.1 Å². The molecule has 6 heteroatoms.